The molecule has 19 heavy (non-hydrogen) atoms. The van der Waals surface area contributed by atoms with E-state index < -0.39 is 5.54 Å². The molecule has 0 heterocycles. The number of rotatable bonds is 5. The van der Waals surface area contributed by atoms with E-state index in [-0.39, 0.29) is 5.97 Å². The normalized spacial score (nSPS) is 13.2. The summed E-state index contributed by atoms with van der Waals surface area (Å²) >= 11 is 5.97. The van der Waals surface area contributed by atoms with Crippen molar-refractivity contribution in [1.29, 1.82) is 5.26 Å². The highest BCUT2D eigenvalue weighted by atomic mass is 35.5. The molecule has 0 bridgehead atoms. The number of nitrogens with zero attached hydrogens (tertiary/aromatic N) is 1. The second-order valence-electron chi connectivity index (χ2n) is 4.47. The van der Waals surface area contributed by atoms with Crippen LogP contribution in [0.25, 0.3) is 0 Å². The van der Waals surface area contributed by atoms with Crippen molar-refractivity contribution >= 4 is 23.3 Å². The molecule has 1 unspecified atom stereocenters. The van der Waals surface area contributed by atoms with Crippen LogP contribution in [-0.4, -0.2) is 18.6 Å². The van der Waals surface area contributed by atoms with Crippen molar-refractivity contribution in [1.82, 2.24) is 0 Å². The first kappa shape index (κ1) is 15.3. The minimum atomic E-state index is -0.875. The van der Waals surface area contributed by atoms with Crippen LogP contribution < -0.4 is 5.32 Å². The van der Waals surface area contributed by atoms with Gasteiger partial charge in [0, 0.05) is 0 Å². The third-order valence-corrected chi connectivity index (χ3v) is 3.24. The molecular weight excluding hydrogens is 264 g/mol. The van der Waals surface area contributed by atoms with Crippen LogP contribution in [0.15, 0.2) is 18.2 Å². The topological polar surface area (TPSA) is 62.1 Å². The number of nitrogens with one attached hydrogen (secondary N) is 1. The van der Waals surface area contributed by atoms with Gasteiger partial charge < -0.3 is 10.1 Å². The molecule has 0 aliphatic carbocycles. The van der Waals surface area contributed by atoms with E-state index in [1.54, 1.807) is 25.1 Å². The van der Waals surface area contributed by atoms with E-state index in [1.165, 1.54) is 7.11 Å². The summed E-state index contributed by atoms with van der Waals surface area (Å²) in [5, 5.41) is 12.6. The van der Waals surface area contributed by atoms with Crippen molar-refractivity contribution in [3.05, 3.63) is 28.8 Å². The molecular formula is C14H17ClN2O2. The highest BCUT2D eigenvalue weighted by molar-refractivity contribution is 6.32. The third-order valence-electron chi connectivity index (χ3n) is 2.92. The molecule has 0 aliphatic heterocycles. The van der Waals surface area contributed by atoms with E-state index in [2.05, 4.69) is 5.32 Å². The Balaban J connectivity index is 3.14. The summed E-state index contributed by atoms with van der Waals surface area (Å²) in [7, 11) is 1.35. The van der Waals surface area contributed by atoms with Crippen molar-refractivity contribution < 1.29 is 9.53 Å². The fraction of sp³-hybridized carbons (Fsp3) is 0.429. The Morgan fingerprint density at radius 3 is 2.79 bits per heavy atom. The molecule has 0 saturated heterocycles. The van der Waals surface area contributed by atoms with Gasteiger partial charge in [-0.2, -0.15) is 5.26 Å². The lowest BCUT2D eigenvalue weighted by molar-refractivity contribution is -0.145. The van der Waals surface area contributed by atoms with Crippen molar-refractivity contribution in [3.8, 4) is 6.07 Å². The monoisotopic (exact) mass is 280 g/mol. The van der Waals surface area contributed by atoms with Gasteiger partial charge in [-0.05, 0) is 25.5 Å². The Bertz CT molecular complexity index is 511. The maximum absolute atomic E-state index is 11.9. The van der Waals surface area contributed by atoms with E-state index in [0.29, 0.717) is 22.7 Å². The molecule has 0 radical (unpaired) electrons. The summed E-state index contributed by atoms with van der Waals surface area (Å²) in [6.07, 6.45) is 1.40. The predicted molar refractivity (Wildman–Crippen MR) is 75.1 cm³/mol. The summed E-state index contributed by atoms with van der Waals surface area (Å²) in [6.45, 7) is 3.73. The van der Waals surface area contributed by atoms with Gasteiger partial charge in [-0.15, -0.1) is 0 Å². The standard InChI is InChI=1S/C14H17ClN2O2/c1-4-8-14(2,13(18)19-3)17-12-7-5-6-11(15)10(12)9-16/h5-7,17H,4,8H2,1-3H3. The van der Waals surface area contributed by atoms with Gasteiger partial charge in [0.05, 0.1) is 23.4 Å². The molecule has 4 nitrogen and oxygen atoms in total. The molecule has 1 N–H and O–H groups in total. The Morgan fingerprint density at radius 2 is 2.26 bits per heavy atom. The molecule has 0 amide bonds. The number of methoxy groups -OCH3 is 1. The number of hydrogen-bond donors (Lipinski definition) is 1. The van der Waals surface area contributed by atoms with Crippen molar-refractivity contribution in [2.75, 3.05) is 12.4 Å². The van der Waals surface area contributed by atoms with E-state index in [0.717, 1.165) is 6.42 Å². The van der Waals surface area contributed by atoms with E-state index >= 15 is 0 Å². The smallest absolute Gasteiger partial charge is 0.331 e. The van der Waals surface area contributed by atoms with Crippen LogP contribution in [0.4, 0.5) is 5.69 Å². The van der Waals surface area contributed by atoms with Gasteiger partial charge in [0.1, 0.15) is 11.6 Å². The fourth-order valence-corrected chi connectivity index (χ4v) is 2.20. The average molecular weight is 281 g/mol. The van der Waals surface area contributed by atoms with E-state index in [9.17, 15) is 4.79 Å². The summed E-state index contributed by atoms with van der Waals surface area (Å²) < 4.78 is 4.83. The number of esters is 1. The zero-order valence-corrected chi connectivity index (χ0v) is 12.0. The Labute approximate surface area is 118 Å². The first-order valence-corrected chi connectivity index (χ1v) is 6.41. The van der Waals surface area contributed by atoms with E-state index in [1.807, 2.05) is 13.0 Å². The minimum absolute atomic E-state index is 0.329. The van der Waals surface area contributed by atoms with Crippen molar-refractivity contribution in [3.63, 3.8) is 0 Å². The number of ether oxygens (including phenoxy) is 1. The Hall–Kier alpha value is -1.73. The van der Waals surface area contributed by atoms with Crippen LogP contribution >= 0.6 is 11.6 Å². The SMILES string of the molecule is CCCC(C)(Nc1cccc(Cl)c1C#N)C(=O)OC. The number of carbonyl (C=O) groups is 1. The maximum Gasteiger partial charge on any atom is 0.331 e. The molecule has 0 spiro atoms. The quantitative estimate of drug-likeness (QED) is 0.840. The average Bonchev–Trinajstić information content (AvgIpc) is 2.38. The zero-order valence-electron chi connectivity index (χ0n) is 11.3. The second kappa shape index (κ2) is 6.44. The number of anilines is 1. The van der Waals surface area contributed by atoms with Gasteiger partial charge in [-0.1, -0.05) is 31.0 Å². The number of carbonyl (C=O) groups excluding carboxylic acids is 1. The highest BCUT2D eigenvalue weighted by Gasteiger charge is 2.34. The largest absolute Gasteiger partial charge is 0.467 e. The third kappa shape index (κ3) is 3.39. The molecule has 0 saturated carbocycles. The lowest BCUT2D eigenvalue weighted by Gasteiger charge is -2.29. The fourth-order valence-electron chi connectivity index (χ4n) is 1.98. The molecule has 0 aliphatic rings. The number of halogens is 1. The van der Waals surface area contributed by atoms with Crippen LogP contribution in [0.5, 0.6) is 0 Å². The van der Waals surface area contributed by atoms with Gasteiger partial charge in [0.25, 0.3) is 0 Å². The zero-order chi connectivity index (χ0) is 14.5. The molecule has 1 aromatic rings. The van der Waals surface area contributed by atoms with Gasteiger partial charge in [0.15, 0.2) is 0 Å². The van der Waals surface area contributed by atoms with Crippen LogP contribution in [0.2, 0.25) is 5.02 Å². The lowest BCUT2D eigenvalue weighted by atomic mass is 9.95. The predicted octanol–water partition coefficient (Wildman–Crippen LogP) is 3.36. The number of benzene rings is 1. The molecule has 102 valence electrons. The first-order chi connectivity index (χ1) is 8.98. The molecule has 0 aromatic heterocycles. The summed E-state index contributed by atoms with van der Waals surface area (Å²) in [5.41, 5.74) is -0.00786. The molecule has 1 rings (SSSR count). The van der Waals surface area contributed by atoms with Crippen LogP contribution in [0.1, 0.15) is 32.3 Å². The first-order valence-electron chi connectivity index (χ1n) is 6.03. The van der Waals surface area contributed by atoms with Gasteiger partial charge >= 0.3 is 5.97 Å². The van der Waals surface area contributed by atoms with Gasteiger partial charge in [-0.3, -0.25) is 0 Å². The second-order valence-corrected chi connectivity index (χ2v) is 4.88. The van der Waals surface area contributed by atoms with Crippen LogP contribution in [0.3, 0.4) is 0 Å². The highest BCUT2D eigenvalue weighted by Crippen LogP contribution is 2.28. The summed E-state index contributed by atoms with van der Waals surface area (Å²) in [5.74, 6) is -0.363. The van der Waals surface area contributed by atoms with Gasteiger partial charge in [0.2, 0.25) is 0 Å². The molecule has 1 atom stereocenters. The number of hydrogen-bond acceptors (Lipinski definition) is 4. The van der Waals surface area contributed by atoms with Crippen molar-refractivity contribution in [2.45, 2.75) is 32.2 Å². The molecule has 1 aromatic carbocycles. The summed E-state index contributed by atoms with van der Waals surface area (Å²) in [4.78, 5) is 11.9. The summed E-state index contributed by atoms with van der Waals surface area (Å²) in [6, 6.07) is 7.13. The maximum atomic E-state index is 11.9. The van der Waals surface area contributed by atoms with Crippen LogP contribution in [0, 0.1) is 11.3 Å². The lowest BCUT2D eigenvalue weighted by Crippen LogP contribution is -2.44. The van der Waals surface area contributed by atoms with Crippen LogP contribution in [-0.2, 0) is 9.53 Å². The molecule has 5 heteroatoms. The van der Waals surface area contributed by atoms with E-state index in [4.69, 9.17) is 21.6 Å². The molecule has 0 fully saturated rings. The van der Waals surface area contributed by atoms with Gasteiger partial charge in [-0.25, -0.2) is 4.79 Å². The number of nitriles is 1. The Morgan fingerprint density at radius 1 is 1.58 bits per heavy atom. The Kier molecular flexibility index (Phi) is 5.20. The minimum Gasteiger partial charge on any atom is -0.467 e. The van der Waals surface area contributed by atoms with Crippen molar-refractivity contribution in [2.24, 2.45) is 0 Å².